The summed E-state index contributed by atoms with van der Waals surface area (Å²) in [5.74, 6) is 0.430. The van der Waals surface area contributed by atoms with E-state index in [-0.39, 0.29) is 5.91 Å². The highest BCUT2D eigenvalue weighted by Gasteiger charge is 2.16. The van der Waals surface area contributed by atoms with Crippen molar-refractivity contribution in [2.24, 2.45) is 0 Å². The summed E-state index contributed by atoms with van der Waals surface area (Å²) in [6.07, 6.45) is 0.812. The number of benzene rings is 2. The first-order chi connectivity index (χ1) is 10.1. The van der Waals surface area contributed by atoms with Crippen LogP contribution in [0.25, 0.3) is 0 Å². The van der Waals surface area contributed by atoms with Crippen LogP contribution in [0.5, 0.6) is 5.75 Å². The van der Waals surface area contributed by atoms with Crippen LogP contribution in [0.1, 0.15) is 15.9 Å². The van der Waals surface area contributed by atoms with E-state index >= 15 is 0 Å². The van der Waals surface area contributed by atoms with Crippen LogP contribution in [0.4, 0.5) is 5.69 Å². The molecule has 0 saturated carbocycles. The Morgan fingerprint density at radius 1 is 1.14 bits per heavy atom. The van der Waals surface area contributed by atoms with Gasteiger partial charge >= 0.3 is 0 Å². The molecule has 0 aromatic heterocycles. The maximum atomic E-state index is 12.4. The zero-order valence-electron chi connectivity index (χ0n) is 12.4. The second-order valence-corrected chi connectivity index (χ2v) is 4.88. The van der Waals surface area contributed by atoms with Gasteiger partial charge in [0.1, 0.15) is 5.75 Å². The van der Waals surface area contributed by atoms with E-state index in [1.807, 2.05) is 18.2 Å². The van der Waals surface area contributed by atoms with Crippen molar-refractivity contribution < 1.29 is 9.53 Å². The predicted molar refractivity (Wildman–Crippen MR) is 84.5 cm³/mol. The molecule has 2 N–H and O–H groups in total. The smallest absolute Gasteiger partial charge is 0.255 e. The third-order valence-corrected chi connectivity index (χ3v) is 3.44. The van der Waals surface area contributed by atoms with Crippen molar-refractivity contribution in [1.29, 1.82) is 0 Å². The van der Waals surface area contributed by atoms with Crippen LogP contribution in [-0.2, 0) is 6.42 Å². The minimum Gasteiger partial charge on any atom is -0.495 e. The predicted octanol–water partition coefficient (Wildman–Crippen LogP) is 2.59. The number of amides is 1. The molecule has 0 radical (unpaired) electrons. The molecule has 0 aliphatic heterocycles. The number of rotatable bonds is 5. The Bertz CT molecular complexity index is 611. The fourth-order valence-corrected chi connectivity index (χ4v) is 2.16. The van der Waals surface area contributed by atoms with Gasteiger partial charge in [0.2, 0.25) is 0 Å². The second kappa shape index (κ2) is 6.79. The average Bonchev–Trinajstić information content (AvgIpc) is 2.53. The topological polar surface area (TPSA) is 55.6 Å². The molecular weight excluding hydrogens is 264 g/mol. The Balaban J connectivity index is 2.06. The molecule has 0 heterocycles. The molecule has 0 aliphatic rings. The average molecular weight is 284 g/mol. The van der Waals surface area contributed by atoms with E-state index in [0.717, 1.165) is 6.42 Å². The molecule has 4 nitrogen and oxygen atoms in total. The fraction of sp³-hybridized carbons (Fsp3) is 0.235. The highest BCUT2D eigenvalue weighted by atomic mass is 16.5. The molecule has 0 atom stereocenters. The maximum absolute atomic E-state index is 12.4. The molecule has 0 unspecified atom stereocenters. The number of hydrogen-bond donors (Lipinski definition) is 1. The molecule has 4 heteroatoms. The number of carbonyl (C=O) groups is 1. The minimum absolute atomic E-state index is 0.0951. The summed E-state index contributed by atoms with van der Waals surface area (Å²) in [5.41, 5.74) is 8.03. The number of likely N-dealkylation sites (N-methyl/N-ethyl adjacent to an activating group) is 1. The third kappa shape index (κ3) is 3.54. The van der Waals surface area contributed by atoms with Crippen LogP contribution in [0, 0.1) is 0 Å². The minimum atomic E-state index is -0.0951. The van der Waals surface area contributed by atoms with E-state index in [9.17, 15) is 4.79 Å². The van der Waals surface area contributed by atoms with Crippen molar-refractivity contribution in [1.82, 2.24) is 4.90 Å². The summed E-state index contributed by atoms with van der Waals surface area (Å²) in [7, 11) is 3.32. The number of methoxy groups -OCH3 is 1. The standard InChI is InChI=1S/C17H20N2O2/c1-19(12-11-13-7-4-3-5-8-13)17(20)14-9-6-10-15(21-2)16(14)18/h3-10H,11-12,18H2,1-2H3. The van der Waals surface area contributed by atoms with Crippen molar-refractivity contribution in [3.8, 4) is 5.75 Å². The highest BCUT2D eigenvalue weighted by molar-refractivity contribution is 6.00. The van der Waals surface area contributed by atoms with Crippen LogP contribution in [0.3, 0.4) is 0 Å². The molecule has 0 saturated heterocycles. The van der Waals surface area contributed by atoms with Gasteiger partial charge in [-0.1, -0.05) is 36.4 Å². The Morgan fingerprint density at radius 3 is 2.52 bits per heavy atom. The van der Waals surface area contributed by atoms with E-state index in [2.05, 4.69) is 12.1 Å². The van der Waals surface area contributed by atoms with Gasteiger partial charge in [-0.2, -0.15) is 0 Å². The lowest BCUT2D eigenvalue weighted by molar-refractivity contribution is 0.0797. The molecule has 0 spiro atoms. The Morgan fingerprint density at radius 2 is 1.86 bits per heavy atom. The number of ether oxygens (including phenoxy) is 1. The van der Waals surface area contributed by atoms with Crippen LogP contribution >= 0.6 is 0 Å². The van der Waals surface area contributed by atoms with Gasteiger partial charge in [0.25, 0.3) is 5.91 Å². The lowest BCUT2D eigenvalue weighted by atomic mass is 10.1. The molecular formula is C17H20N2O2. The van der Waals surface area contributed by atoms with Crippen LogP contribution in [-0.4, -0.2) is 31.5 Å². The SMILES string of the molecule is COc1cccc(C(=O)N(C)CCc2ccccc2)c1N. The van der Waals surface area contributed by atoms with Gasteiger partial charge in [-0.3, -0.25) is 4.79 Å². The van der Waals surface area contributed by atoms with Gasteiger partial charge in [-0.25, -0.2) is 0 Å². The second-order valence-electron chi connectivity index (χ2n) is 4.88. The summed E-state index contributed by atoms with van der Waals surface area (Å²) in [5, 5.41) is 0. The van der Waals surface area contributed by atoms with Crippen molar-refractivity contribution in [3.63, 3.8) is 0 Å². The number of hydrogen-bond acceptors (Lipinski definition) is 3. The highest BCUT2D eigenvalue weighted by Crippen LogP contribution is 2.25. The Kier molecular flexibility index (Phi) is 4.82. The van der Waals surface area contributed by atoms with Gasteiger partial charge < -0.3 is 15.4 Å². The molecule has 2 rings (SSSR count). The van der Waals surface area contributed by atoms with Crippen LogP contribution in [0.15, 0.2) is 48.5 Å². The first-order valence-corrected chi connectivity index (χ1v) is 6.85. The number of carbonyl (C=O) groups excluding carboxylic acids is 1. The quantitative estimate of drug-likeness (QED) is 0.859. The molecule has 2 aromatic rings. The summed E-state index contributed by atoms with van der Waals surface area (Å²) >= 11 is 0. The number of nitrogens with zero attached hydrogens (tertiary/aromatic N) is 1. The monoisotopic (exact) mass is 284 g/mol. The van der Waals surface area contributed by atoms with Gasteiger partial charge in [0, 0.05) is 13.6 Å². The van der Waals surface area contributed by atoms with Crippen molar-refractivity contribution >= 4 is 11.6 Å². The number of anilines is 1. The van der Waals surface area contributed by atoms with E-state index < -0.39 is 0 Å². The normalized spacial score (nSPS) is 10.2. The molecule has 2 aromatic carbocycles. The lowest BCUT2D eigenvalue weighted by Crippen LogP contribution is -2.29. The van der Waals surface area contributed by atoms with E-state index in [1.165, 1.54) is 5.56 Å². The summed E-state index contributed by atoms with van der Waals surface area (Å²) in [4.78, 5) is 14.1. The van der Waals surface area contributed by atoms with Gasteiger partial charge in [-0.15, -0.1) is 0 Å². The molecule has 21 heavy (non-hydrogen) atoms. The third-order valence-electron chi connectivity index (χ3n) is 3.44. The zero-order chi connectivity index (χ0) is 15.2. The molecule has 1 amide bonds. The Hall–Kier alpha value is -2.49. The van der Waals surface area contributed by atoms with Gasteiger partial charge in [0.15, 0.2) is 0 Å². The van der Waals surface area contributed by atoms with Crippen molar-refractivity contribution in [2.75, 3.05) is 26.4 Å². The summed E-state index contributed by atoms with van der Waals surface area (Å²) in [6, 6.07) is 15.3. The van der Waals surface area contributed by atoms with Crippen molar-refractivity contribution in [3.05, 3.63) is 59.7 Å². The number of nitrogens with two attached hydrogens (primary N) is 1. The van der Waals surface area contributed by atoms with Gasteiger partial charge in [-0.05, 0) is 24.1 Å². The number of para-hydroxylation sites is 1. The zero-order valence-corrected chi connectivity index (χ0v) is 12.4. The molecule has 0 bridgehead atoms. The first kappa shape index (κ1) is 14.9. The largest absolute Gasteiger partial charge is 0.495 e. The first-order valence-electron chi connectivity index (χ1n) is 6.85. The Labute approximate surface area is 125 Å². The van der Waals surface area contributed by atoms with Crippen LogP contribution < -0.4 is 10.5 Å². The van der Waals surface area contributed by atoms with Crippen LogP contribution in [0.2, 0.25) is 0 Å². The van der Waals surface area contributed by atoms with E-state index in [4.69, 9.17) is 10.5 Å². The number of nitrogen functional groups attached to an aromatic ring is 1. The molecule has 0 aliphatic carbocycles. The lowest BCUT2D eigenvalue weighted by Gasteiger charge is -2.19. The molecule has 0 fully saturated rings. The van der Waals surface area contributed by atoms with Crippen molar-refractivity contribution in [2.45, 2.75) is 6.42 Å². The molecule has 110 valence electrons. The van der Waals surface area contributed by atoms with Gasteiger partial charge in [0.05, 0.1) is 18.4 Å². The maximum Gasteiger partial charge on any atom is 0.255 e. The summed E-state index contributed by atoms with van der Waals surface area (Å²) < 4.78 is 5.15. The van der Waals surface area contributed by atoms with E-state index in [0.29, 0.717) is 23.5 Å². The fourth-order valence-electron chi connectivity index (χ4n) is 2.16. The van der Waals surface area contributed by atoms with E-state index in [1.54, 1.807) is 37.3 Å². The summed E-state index contributed by atoms with van der Waals surface area (Å²) in [6.45, 7) is 0.638.